The number of hydrogen-bond donors (Lipinski definition) is 2. The summed E-state index contributed by atoms with van der Waals surface area (Å²) in [6.07, 6.45) is 5.43. The topological polar surface area (TPSA) is 66.4 Å². The third kappa shape index (κ3) is 6.09. The molecule has 1 aliphatic carbocycles. The maximum atomic E-state index is 14.7. The zero-order valence-electron chi connectivity index (χ0n) is 19.6. The summed E-state index contributed by atoms with van der Waals surface area (Å²) >= 11 is 1.33. The Hall–Kier alpha value is -2.41. The number of allylic oxidation sites excluding steroid dienone is 1. The fourth-order valence-electron chi connectivity index (χ4n) is 3.98. The van der Waals surface area contributed by atoms with E-state index in [9.17, 15) is 9.18 Å². The number of halogens is 1. The van der Waals surface area contributed by atoms with E-state index in [-0.39, 0.29) is 18.0 Å². The summed E-state index contributed by atoms with van der Waals surface area (Å²) in [6.45, 7) is 10.6. The van der Waals surface area contributed by atoms with Crippen LogP contribution in [-0.4, -0.2) is 34.3 Å². The summed E-state index contributed by atoms with van der Waals surface area (Å²) in [5.74, 6) is -0.137. The van der Waals surface area contributed by atoms with Crippen molar-refractivity contribution in [2.75, 3.05) is 11.6 Å². The zero-order valence-corrected chi connectivity index (χ0v) is 20.4. The van der Waals surface area contributed by atoms with Gasteiger partial charge in [0.05, 0.1) is 11.2 Å². The fraction of sp³-hybridized carbons (Fsp3) is 0.480. The molecule has 1 aromatic heterocycles. The van der Waals surface area contributed by atoms with Gasteiger partial charge in [-0.3, -0.25) is 4.79 Å². The molecular formula is C25H33FN4OS. The van der Waals surface area contributed by atoms with Crippen LogP contribution in [0.25, 0.3) is 10.9 Å². The van der Waals surface area contributed by atoms with Crippen molar-refractivity contribution in [2.45, 2.75) is 71.1 Å². The van der Waals surface area contributed by atoms with E-state index >= 15 is 0 Å². The molecular weight excluding hydrogens is 423 g/mol. The lowest BCUT2D eigenvalue weighted by Gasteiger charge is -2.31. The van der Waals surface area contributed by atoms with Crippen molar-refractivity contribution in [2.24, 2.45) is 4.99 Å². The number of aliphatic imine (C=N–C) groups is 1. The van der Waals surface area contributed by atoms with Crippen LogP contribution in [0.15, 0.2) is 41.5 Å². The van der Waals surface area contributed by atoms with Crippen LogP contribution in [0.1, 0.15) is 57.7 Å². The maximum absolute atomic E-state index is 14.7. The fourth-order valence-corrected chi connectivity index (χ4v) is 4.47. The summed E-state index contributed by atoms with van der Waals surface area (Å²) in [6, 6.07) is 8.27. The molecule has 0 atom stereocenters. The first-order valence-corrected chi connectivity index (χ1v) is 12.3. The number of aromatic nitrogens is 1. The number of carbonyl (C=O) groups excluding carboxylic acids is 1. The number of aryl methyl sites for hydroxylation is 1. The number of benzene rings is 1. The monoisotopic (exact) mass is 456 g/mol. The number of hydrogen-bond acceptors (Lipinski definition) is 5. The highest BCUT2D eigenvalue weighted by Crippen LogP contribution is 2.33. The number of thioether (sulfide) groups is 1. The number of alkyl halides is 1. The second-order valence-corrected chi connectivity index (χ2v) is 9.87. The number of amides is 1. The number of nitrogens with zero attached hydrogens (tertiary/aromatic N) is 2. The van der Waals surface area contributed by atoms with Crippen LogP contribution in [0.3, 0.4) is 0 Å². The quantitative estimate of drug-likeness (QED) is 0.435. The zero-order chi connectivity index (χ0) is 23.5. The average Bonchev–Trinajstić information content (AvgIpc) is 2.72. The second kappa shape index (κ2) is 10.0. The Morgan fingerprint density at radius 2 is 1.88 bits per heavy atom. The Kier molecular flexibility index (Phi) is 7.59. The summed E-state index contributed by atoms with van der Waals surface area (Å²) < 4.78 is 14.7. The summed E-state index contributed by atoms with van der Waals surface area (Å²) in [5.41, 5.74) is 2.39. The highest BCUT2D eigenvalue weighted by molar-refractivity contribution is 8.15. The van der Waals surface area contributed by atoms with Gasteiger partial charge in [0.2, 0.25) is 0 Å². The molecule has 1 saturated carbocycles. The highest BCUT2D eigenvalue weighted by atomic mass is 32.2. The van der Waals surface area contributed by atoms with Crippen LogP contribution >= 0.6 is 11.8 Å². The standard InChI is InChI=1S/C25H33FN4OS/c1-15(2)27-24(32-6)23(31)29-18-10-8-17(9-11-18)28-21-14-22(25(4,5)26)30-20-12-7-16(3)13-19(20)21/h7,12-14,17-18H,1,8-11H2,2-6H3,(H,28,30)(H,29,31). The molecule has 1 aliphatic rings. The Morgan fingerprint density at radius 1 is 1.22 bits per heavy atom. The number of rotatable bonds is 5. The first-order chi connectivity index (χ1) is 15.1. The van der Waals surface area contributed by atoms with E-state index in [0.717, 1.165) is 47.8 Å². The van der Waals surface area contributed by atoms with Gasteiger partial charge in [-0.2, -0.15) is 0 Å². The predicted molar refractivity (Wildman–Crippen MR) is 134 cm³/mol. The van der Waals surface area contributed by atoms with Gasteiger partial charge in [0.1, 0.15) is 5.67 Å². The molecule has 0 saturated heterocycles. The van der Waals surface area contributed by atoms with Gasteiger partial charge >= 0.3 is 0 Å². The molecule has 0 aliphatic heterocycles. The van der Waals surface area contributed by atoms with E-state index in [4.69, 9.17) is 0 Å². The highest BCUT2D eigenvalue weighted by Gasteiger charge is 2.26. The number of anilines is 1. The first-order valence-electron chi connectivity index (χ1n) is 11.0. The molecule has 1 aromatic carbocycles. The first kappa shape index (κ1) is 24.2. The van der Waals surface area contributed by atoms with E-state index in [1.807, 2.05) is 31.4 Å². The Balaban J connectivity index is 1.70. The van der Waals surface area contributed by atoms with Gasteiger partial charge in [-0.05, 0) is 77.8 Å². The van der Waals surface area contributed by atoms with Crippen LogP contribution in [0.2, 0.25) is 0 Å². The second-order valence-electron chi connectivity index (χ2n) is 9.07. The van der Waals surface area contributed by atoms with Gasteiger partial charge in [0, 0.05) is 28.9 Å². The molecule has 172 valence electrons. The van der Waals surface area contributed by atoms with Crippen LogP contribution in [0, 0.1) is 6.92 Å². The molecule has 1 fully saturated rings. The molecule has 2 N–H and O–H groups in total. The molecule has 7 heteroatoms. The minimum Gasteiger partial charge on any atom is -0.382 e. The maximum Gasteiger partial charge on any atom is 0.276 e. The third-order valence-corrected chi connectivity index (χ3v) is 6.34. The van der Waals surface area contributed by atoms with Crippen LogP contribution in [0.5, 0.6) is 0 Å². The Bertz CT molecular complexity index is 1040. The largest absolute Gasteiger partial charge is 0.382 e. The summed E-state index contributed by atoms with van der Waals surface area (Å²) in [7, 11) is 0. The number of fused-ring (bicyclic) bond motifs is 1. The van der Waals surface area contributed by atoms with Crippen molar-refractivity contribution in [1.29, 1.82) is 0 Å². The molecule has 5 nitrogen and oxygen atoms in total. The number of nitrogens with one attached hydrogen (secondary N) is 2. The normalized spacial score (nSPS) is 19.6. The smallest absolute Gasteiger partial charge is 0.276 e. The summed E-state index contributed by atoms with van der Waals surface area (Å²) in [5, 5.41) is 8.20. The van der Waals surface area contributed by atoms with Gasteiger partial charge in [-0.1, -0.05) is 18.2 Å². The van der Waals surface area contributed by atoms with Crippen LogP contribution in [0.4, 0.5) is 10.1 Å². The molecule has 32 heavy (non-hydrogen) atoms. The van der Waals surface area contributed by atoms with E-state index in [2.05, 4.69) is 33.3 Å². The lowest BCUT2D eigenvalue weighted by Crippen LogP contribution is -2.42. The van der Waals surface area contributed by atoms with Crippen molar-refractivity contribution >= 4 is 39.3 Å². The van der Waals surface area contributed by atoms with Gasteiger partial charge in [-0.25, -0.2) is 14.4 Å². The number of carbonyl (C=O) groups is 1. The SMILES string of the molecule is C=C(C)N=C(SC)C(=O)NC1CCC(Nc2cc(C(C)(C)F)nc3ccc(C)cc23)CC1. The third-order valence-electron chi connectivity index (χ3n) is 5.68. The number of pyridine rings is 1. The van der Waals surface area contributed by atoms with Crippen LogP contribution < -0.4 is 10.6 Å². The Morgan fingerprint density at radius 3 is 2.47 bits per heavy atom. The van der Waals surface area contributed by atoms with E-state index < -0.39 is 5.67 Å². The molecule has 0 radical (unpaired) electrons. The molecule has 1 heterocycles. The van der Waals surface area contributed by atoms with Gasteiger partial charge in [0.15, 0.2) is 5.04 Å². The van der Waals surface area contributed by atoms with Crippen LogP contribution in [-0.2, 0) is 10.5 Å². The van der Waals surface area contributed by atoms with Gasteiger partial charge < -0.3 is 10.6 Å². The average molecular weight is 457 g/mol. The molecule has 0 bridgehead atoms. The van der Waals surface area contributed by atoms with Crippen molar-refractivity contribution in [3.05, 3.63) is 47.8 Å². The van der Waals surface area contributed by atoms with E-state index in [1.165, 1.54) is 25.6 Å². The Labute approximate surface area is 194 Å². The molecule has 3 rings (SSSR count). The van der Waals surface area contributed by atoms with Crippen molar-refractivity contribution in [1.82, 2.24) is 10.3 Å². The van der Waals surface area contributed by atoms with E-state index in [0.29, 0.717) is 16.4 Å². The molecule has 0 spiro atoms. The van der Waals surface area contributed by atoms with Gasteiger partial charge in [-0.15, -0.1) is 11.8 Å². The predicted octanol–water partition coefficient (Wildman–Crippen LogP) is 5.88. The summed E-state index contributed by atoms with van der Waals surface area (Å²) in [4.78, 5) is 21.3. The molecule has 1 amide bonds. The minimum atomic E-state index is -1.52. The van der Waals surface area contributed by atoms with Gasteiger partial charge in [0.25, 0.3) is 5.91 Å². The van der Waals surface area contributed by atoms with Crippen molar-refractivity contribution in [3.63, 3.8) is 0 Å². The van der Waals surface area contributed by atoms with Crippen molar-refractivity contribution in [3.8, 4) is 0 Å². The molecule has 0 unspecified atom stereocenters. The minimum absolute atomic E-state index is 0.125. The lowest BCUT2D eigenvalue weighted by molar-refractivity contribution is -0.115. The molecule has 2 aromatic rings. The van der Waals surface area contributed by atoms with E-state index in [1.54, 1.807) is 6.92 Å². The lowest BCUT2D eigenvalue weighted by atomic mass is 9.90. The van der Waals surface area contributed by atoms with Crippen molar-refractivity contribution < 1.29 is 9.18 Å².